The first kappa shape index (κ1) is 29.3. The van der Waals surface area contributed by atoms with Gasteiger partial charge in [-0.2, -0.15) is 18.3 Å². The van der Waals surface area contributed by atoms with Crippen molar-refractivity contribution >= 4 is 51.0 Å². The Bertz CT molecular complexity index is 1810. The number of aromatic nitrogens is 3. The maximum absolute atomic E-state index is 14.5. The number of amides is 3. The number of nitrogens with one attached hydrogen (secondary N) is 1. The third kappa shape index (κ3) is 5.65. The highest BCUT2D eigenvalue weighted by Gasteiger charge is 2.40. The largest absolute Gasteiger partial charge is 0.515 e. The highest BCUT2D eigenvalue weighted by molar-refractivity contribution is 6.05. The van der Waals surface area contributed by atoms with Gasteiger partial charge in [0.15, 0.2) is 17.1 Å². The van der Waals surface area contributed by atoms with Crippen molar-refractivity contribution in [2.75, 3.05) is 11.9 Å². The molecule has 2 aromatic heterocycles. The molecule has 3 amide bonds. The van der Waals surface area contributed by atoms with Crippen LogP contribution in [0.4, 0.5) is 23.4 Å². The van der Waals surface area contributed by atoms with Crippen molar-refractivity contribution in [2.24, 2.45) is 5.73 Å². The molecule has 1 saturated heterocycles. The number of hydrogen-bond acceptors (Lipinski definition) is 7. The van der Waals surface area contributed by atoms with Crippen molar-refractivity contribution < 1.29 is 41.6 Å². The Kier molecular flexibility index (Phi) is 7.65. The van der Waals surface area contributed by atoms with Crippen LogP contribution in [0.3, 0.4) is 0 Å². The van der Waals surface area contributed by atoms with E-state index in [4.69, 9.17) is 10.3 Å². The minimum Gasteiger partial charge on any atom is -0.515 e. The molecule has 5 rings (SSSR count). The lowest BCUT2D eigenvalue weighted by atomic mass is 10.0. The number of carbonyl (C=O) groups excluding carboxylic acids is 3. The van der Waals surface area contributed by atoms with Gasteiger partial charge in [-0.05, 0) is 42.8 Å². The summed E-state index contributed by atoms with van der Waals surface area (Å²) in [5.41, 5.74) is 5.55. The minimum absolute atomic E-state index is 0.0870. The lowest BCUT2D eigenvalue weighted by molar-refractivity contribution is -0.137. The summed E-state index contributed by atoms with van der Waals surface area (Å²) in [5.74, 6) is -2.55. The van der Waals surface area contributed by atoms with Crippen molar-refractivity contribution in [3.8, 4) is 0 Å². The van der Waals surface area contributed by atoms with Crippen LogP contribution in [0.2, 0.25) is 0 Å². The normalized spacial score (nSPS) is 17.8. The van der Waals surface area contributed by atoms with Crippen molar-refractivity contribution in [2.45, 2.75) is 38.3 Å². The van der Waals surface area contributed by atoms with Crippen LogP contribution in [-0.4, -0.2) is 61.4 Å². The molecule has 224 valence electrons. The number of nitrogens with two attached hydrogens (primary N) is 1. The van der Waals surface area contributed by atoms with Gasteiger partial charge >= 0.3 is 6.18 Å². The molecule has 1 fully saturated rings. The molecule has 3 heterocycles. The van der Waals surface area contributed by atoms with E-state index >= 15 is 0 Å². The van der Waals surface area contributed by atoms with Crippen molar-refractivity contribution in [1.29, 1.82) is 0 Å². The Morgan fingerprint density at radius 1 is 1.19 bits per heavy atom. The molecular weight excluding hydrogens is 576 g/mol. The molecule has 4 N–H and O–H groups in total. The number of hydrogen-bond donors (Lipinski definition) is 3. The van der Waals surface area contributed by atoms with Crippen molar-refractivity contribution in [3.63, 3.8) is 0 Å². The zero-order valence-corrected chi connectivity index (χ0v) is 22.4. The summed E-state index contributed by atoms with van der Waals surface area (Å²) in [6, 6.07) is 6.15. The number of allylic oxidation sites excluding steroid dienone is 3. The van der Waals surface area contributed by atoms with Crippen LogP contribution in [0, 0.1) is 0 Å². The average Bonchev–Trinajstić information content (AvgIpc) is 3.66. The maximum atomic E-state index is 14.5. The van der Waals surface area contributed by atoms with E-state index < -0.39 is 54.8 Å². The number of fused-ring (bicyclic) bond motifs is 2. The number of nitrogens with zero attached hydrogens (tertiary/aromatic N) is 4. The standard InChI is InChI=1S/C28H24F4N6O5/c1-2-3-15(13-39)14-4-7-20-19(8-14)24(25(33)41)35-38(20)12-23(40)37-11-17(29)10-21(37)27(42)34-26-18-6-5-16(28(30,31)32)9-22(18)43-36-26/h2-9,13,17,21,39H,10-12H2,1H3,(H2,33,41)(H,34,36,42)/b3-2-,15-13+. The zero-order chi connectivity index (χ0) is 31.1. The Hall–Kier alpha value is -5.21. The summed E-state index contributed by atoms with van der Waals surface area (Å²) in [7, 11) is 0. The summed E-state index contributed by atoms with van der Waals surface area (Å²) in [5, 5.41) is 20.2. The van der Waals surface area contributed by atoms with Gasteiger partial charge in [-0.1, -0.05) is 23.4 Å². The summed E-state index contributed by atoms with van der Waals surface area (Å²) >= 11 is 0. The number of benzene rings is 2. The van der Waals surface area contributed by atoms with E-state index in [0.717, 1.165) is 29.4 Å². The van der Waals surface area contributed by atoms with E-state index in [2.05, 4.69) is 15.6 Å². The van der Waals surface area contributed by atoms with Crippen molar-refractivity contribution in [1.82, 2.24) is 19.8 Å². The first-order valence-corrected chi connectivity index (χ1v) is 12.9. The molecule has 43 heavy (non-hydrogen) atoms. The summed E-state index contributed by atoms with van der Waals surface area (Å²) in [6.07, 6.45) is -2.23. The Morgan fingerprint density at radius 2 is 1.95 bits per heavy atom. The lowest BCUT2D eigenvalue weighted by Gasteiger charge is -2.23. The van der Waals surface area contributed by atoms with E-state index in [-0.39, 0.29) is 28.9 Å². The molecule has 2 unspecified atom stereocenters. The number of aliphatic hydroxyl groups excluding tert-OH is 1. The molecule has 0 saturated carbocycles. The fourth-order valence-electron chi connectivity index (χ4n) is 4.99. The van der Waals surface area contributed by atoms with E-state index in [1.54, 1.807) is 37.3 Å². The van der Waals surface area contributed by atoms with E-state index in [9.17, 15) is 37.1 Å². The Balaban J connectivity index is 1.39. The minimum atomic E-state index is -4.61. The van der Waals surface area contributed by atoms with E-state index in [1.165, 1.54) is 4.68 Å². The third-order valence-corrected chi connectivity index (χ3v) is 7.00. The van der Waals surface area contributed by atoms with Gasteiger partial charge in [0.25, 0.3) is 5.91 Å². The second kappa shape index (κ2) is 11.2. The number of carbonyl (C=O) groups is 3. The smallest absolute Gasteiger partial charge is 0.416 e. The summed E-state index contributed by atoms with van der Waals surface area (Å²) in [6.45, 7) is 0.894. The van der Waals surface area contributed by atoms with Crippen LogP contribution >= 0.6 is 0 Å². The molecule has 1 aliphatic heterocycles. The molecule has 15 heteroatoms. The molecule has 11 nitrogen and oxygen atoms in total. The quantitative estimate of drug-likeness (QED) is 0.162. The van der Waals surface area contributed by atoms with Gasteiger partial charge in [-0.15, -0.1) is 0 Å². The number of halogens is 4. The summed E-state index contributed by atoms with van der Waals surface area (Å²) < 4.78 is 59.7. The highest BCUT2D eigenvalue weighted by Crippen LogP contribution is 2.34. The highest BCUT2D eigenvalue weighted by atomic mass is 19.4. The van der Waals surface area contributed by atoms with Gasteiger partial charge in [0.2, 0.25) is 11.8 Å². The number of aliphatic hydroxyl groups is 1. The monoisotopic (exact) mass is 600 g/mol. The van der Waals surface area contributed by atoms with Gasteiger partial charge in [0.05, 0.1) is 29.3 Å². The molecule has 1 aliphatic rings. The number of alkyl halides is 4. The Morgan fingerprint density at radius 3 is 2.63 bits per heavy atom. The van der Waals surface area contributed by atoms with Crippen molar-refractivity contribution in [3.05, 3.63) is 71.6 Å². The van der Waals surface area contributed by atoms with Crippen LogP contribution in [0.25, 0.3) is 27.4 Å². The number of likely N-dealkylation sites (tertiary alicyclic amines) is 1. The topological polar surface area (TPSA) is 157 Å². The van der Waals surface area contributed by atoms with E-state index in [0.29, 0.717) is 22.0 Å². The van der Waals surface area contributed by atoms with Crippen LogP contribution in [0.1, 0.15) is 35.0 Å². The second-order valence-electron chi connectivity index (χ2n) is 9.81. The van der Waals surface area contributed by atoms with Crippen LogP contribution < -0.4 is 11.1 Å². The molecule has 2 aromatic carbocycles. The van der Waals surface area contributed by atoms with Gasteiger partial charge in [0.1, 0.15) is 18.8 Å². The molecule has 2 atom stereocenters. The van der Waals surface area contributed by atoms with Crippen LogP contribution in [0.15, 0.2) is 59.3 Å². The number of anilines is 1. The fourth-order valence-corrected chi connectivity index (χ4v) is 4.99. The predicted octanol–water partition coefficient (Wildman–Crippen LogP) is 4.35. The fraction of sp³-hybridized carbons (Fsp3) is 0.250. The number of rotatable bonds is 7. The molecule has 0 radical (unpaired) electrons. The first-order chi connectivity index (χ1) is 20.4. The second-order valence-corrected chi connectivity index (χ2v) is 9.81. The van der Waals surface area contributed by atoms with Crippen LogP contribution in [0.5, 0.6) is 0 Å². The molecule has 0 bridgehead atoms. The van der Waals surface area contributed by atoms with Crippen LogP contribution in [-0.2, 0) is 22.3 Å². The van der Waals surface area contributed by atoms with Gasteiger partial charge < -0.3 is 25.6 Å². The molecule has 0 spiro atoms. The predicted molar refractivity (Wildman–Crippen MR) is 146 cm³/mol. The van der Waals surface area contributed by atoms with E-state index in [1.807, 2.05) is 0 Å². The number of primary amides is 1. The molecule has 0 aliphatic carbocycles. The summed E-state index contributed by atoms with van der Waals surface area (Å²) in [4.78, 5) is 39.7. The zero-order valence-electron chi connectivity index (χ0n) is 22.4. The SMILES string of the molecule is C/C=C\C(=C/O)c1ccc2c(c1)c(C(N)=O)nn2CC(=O)N1CC(F)CC1C(=O)Nc1noc2cc(C(F)(F)F)ccc12. The Labute approximate surface area is 240 Å². The average molecular weight is 601 g/mol. The third-order valence-electron chi connectivity index (χ3n) is 7.00. The van der Waals surface area contributed by atoms with Gasteiger partial charge in [-0.3, -0.25) is 19.1 Å². The molecule has 4 aromatic rings. The maximum Gasteiger partial charge on any atom is 0.416 e. The van der Waals surface area contributed by atoms with Gasteiger partial charge in [-0.25, -0.2) is 4.39 Å². The van der Waals surface area contributed by atoms with Gasteiger partial charge in [0, 0.05) is 17.4 Å². The first-order valence-electron chi connectivity index (χ1n) is 12.9. The lowest BCUT2D eigenvalue weighted by Crippen LogP contribution is -2.44. The molecular formula is C28H24F4N6O5.